The van der Waals surface area contributed by atoms with Crippen LogP contribution in [-0.4, -0.2) is 11.1 Å². The molecule has 0 unspecified atom stereocenters. The zero-order chi connectivity index (χ0) is 12.5. The standard InChI is InChI=1S/C10H8BrF3O2/c1-5-6(3-9(15)16)2-7(11)4-8(5)10(12,13)14/h2,4H,3H2,1H3,(H,15,16). The first-order chi connectivity index (χ1) is 7.21. The Morgan fingerprint density at radius 3 is 2.44 bits per heavy atom. The Morgan fingerprint density at radius 2 is 2.00 bits per heavy atom. The molecule has 0 atom stereocenters. The van der Waals surface area contributed by atoms with Gasteiger partial charge in [0.25, 0.3) is 0 Å². The Bertz CT molecular complexity index is 427. The van der Waals surface area contributed by atoms with Gasteiger partial charge in [0.2, 0.25) is 0 Å². The highest BCUT2D eigenvalue weighted by molar-refractivity contribution is 9.10. The van der Waals surface area contributed by atoms with Gasteiger partial charge in [-0.25, -0.2) is 0 Å². The molecule has 2 nitrogen and oxygen atoms in total. The van der Waals surface area contributed by atoms with Gasteiger partial charge in [0, 0.05) is 4.47 Å². The molecule has 0 aliphatic heterocycles. The fourth-order valence-corrected chi connectivity index (χ4v) is 1.88. The highest BCUT2D eigenvalue weighted by Gasteiger charge is 2.33. The van der Waals surface area contributed by atoms with Gasteiger partial charge < -0.3 is 5.11 Å². The van der Waals surface area contributed by atoms with E-state index in [1.807, 2.05) is 0 Å². The van der Waals surface area contributed by atoms with Gasteiger partial charge >= 0.3 is 12.1 Å². The number of carboxylic acids is 1. The first-order valence-electron chi connectivity index (χ1n) is 4.30. The SMILES string of the molecule is Cc1c(CC(=O)O)cc(Br)cc1C(F)(F)F. The largest absolute Gasteiger partial charge is 0.481 e. The van der Waals surface area contributed by atoms with E-state index in [0.717, 1.165) is 6.07 Å². The lowest BCUT2D eigenvalue weighted by molar-refractivity contribution is -0.139. The Hall–Kier alpha value is -1.04. The van der Waals surface area contributed by atoms with Crippen LogP contribution < -0.4 is 0 Å². The van der Waals surface area contributed by atoms with Crippen molar-refractivity contribution in [2.24, 2.45) is 0 Å². The maximum absolute atomic E-state index is 12.6. The predicted octanol–water partition coefficient (Wildman–Crippen LogP) is 3.40. The molecule has 0 aliphatic rings. The molecule has 0 fully saturated rings. The van der Waals surface area contributed by atoms with Gasteiger partial charge in [-0.2, -0.15) is 13.2 Å². The first-order valence-corrected chi connectivity index (χ1v) is 5.09. The Labute approximate surface area is 98.2 Å². The van der Waals surface area contributed by atoms with E-state index in [1.54, 1.807) is 0 Å². The van der Waals surface area contributed by atoms with Crippen molar-refractivity contribution in [3.05, 3.63) is 33.3 Å². The maximum Gasteiger partial charge on any atom is 0.416 e. The van der Waals surface area contributed by atoms with Crippen LogP contribution in [0.3, 0.4) is 0 Å². The maximum atomic E-state index is 12.6. The summed E-state index contributed by atoms with van der Waals surface area (Å²) < 4.78 is 38.0. The van der Waals surface area contributed by atoms with Crippen LogP contribution in [0.4, 0.5) is 13.2 Å². The second-order valence-corrected chi connectivity index (χ2v) is 4.22. The number of hydrogen-bond acceptors (Lipinski definition) is 1. The zero-order valence-corrected chi connectivity index (χ0v) is 9.82. The number of carboxylic acid groups (broad SMARTS) is 1. The van der Waals surface area contributed by atoms with E-state index in [9.17, 15) is 18.0 Å². The number of alkyl halides is 3. The molecule has 1 rings (SSSR count). The van der Waals surface area contributed by atoms with Crippen molar-refractivity contribution in [2.75, 3.05) is 0 Å². The Kier molecular flexibility index (Phi) is 3.62. The van der Waals surface area contributed by atoms with Crippen LogP contribution in [0, 0.1) is 6.92 Å². The number of hydrogen-bond donors (Lipinski definition) is 1. The summed E-state index contributed by atoms with van der Waals surface area (Å²) in [4.78, 5) is 10.5. The predicted molar refractivity (Wildman–Crippen MR) is 55.2 cm³/mol. The summed E-state index contributed by atoms with van der Waals surface area (Å²) in [5.41, 5.74) is -0.689. The van der Waals surface area contributed by atoms with Crippen LogP contribution >= 0.6 is 15.9 Å². The second-order valence-electron chi connectivity index (χ2n) is 3.31. The van der Waals surface area contributed by atoms with E-state index in [4.69, 9.17) is 5.11 Å². The molecule has 0 aliphatic carbocycles. The Balaban J connectivity index is 3.32. The van der Waals surface area contributed by atoms with Crippen molar-refractivity contribution in [1.29, 1.82) is 0 Å². The Morgan fingerprint density at radius 1 is 1.44 bits per heavy atom. The molecule has 0 heterocycles. The third-order valence-electron chi connectivity index (χ3n) is 2.13. The smallest absolute Gasteiger partial charge is 0.416 e. The number of benzene rings is 1. The molecule has 1 N–H and O–H groups in total. The van der Waals surface area contributed by atoms with Crippen molar-refractivity contribution < 1.29 is 23.1 Å². The van der Waals surface area contributed by atoms with Gasteiger partial charge in [-0.05, 0) is 30.2 Å². The van der Waals surface area contributed by atoms with Crippen LogP contribution in [0.25, 0.3) is 0 Å². The molecule has 88 valence electrons. The zero-order valence-electron chi connectivity index (χ0n) is 8.23. The summed E-state index contributed by atoms with van der Waals surface area (Å²) in [7, 11) is 0. The summed E-state index contributed by atoms with van der Waals surface area (Å²) in [6.07, 6.45) is -4.89. The summed E-state index contributed by atoms with van der Waals surface area (Å²) in [5.74, 6) is -1.16. The lowest BCUT2D eigenvalue weighted by atomic mass is 10.00. The molecule has 0 amide bonds. The molecule has 16 heavy (non-hydrogen) atoms. The van der Waals surface area contributed by atoms with Crippen LogP contribution in [0.2, 0.25) is 0 Å². The fourth-order valence-electron chi connectivity index (χ4n) is 1.38. The van der Waals surface area contributed by atoms with Gasteiger partial charge in [-0.1, -0.05) is 15.9 Å². The van der Waals surface area contributed by atoms with Crippen molar-refractivity contribution >= 4 is 21.9 Å². The number of aliphatic carboxylic acids is 1. The van der Waals surface area contributed by atoms with Gasteiger partial charge in [0.15, 0.2) is 0 Å². The molecule has 0 bridgehead atoms. The van der Waals surface area contributed by atoms with Gasteiger partial charge in [-0.3, -0.25) is 4.79 Å². The highest BCUT2D eigenvalue weighted by atomic mass is 79.9. The molecule has 1 aromatic rings. The molecular formula is C10H8BrF3O2. The minimum Gasteiger partial charge on any atom is -0.481 e. The van der Waals surface area contributed by atoms with Crippen LogP contribution in [0.1, 0.15) is 16.7 Å². The van der Waals surface area contributed by atoms with E-state index in [2.05, 4.69) is 15.9 Å². The lowest BCUT2D eigenvalue weighted by Crippen LogP contribution is -2.11. The minimum atomic E-state index is -4.47. The minimum absolute atomic E-state index is 0.0434. The first kappa shape index (κ1) is 13.0. The molecular weight excluding hydrogens is 289 g/mol. The van der Waals surface area contributed by atoms with E-state index >= 15 is 0 Å². The van der Waals surface area contributed by atoms with Gasteiger partial charge in [0.05, 0.1) is 12.0 Å². The van der Waals surface area contributed by atoms with Crippen LogP contribution in [0.15, 0.2) is 16.6 Å². The van der Waals surface area contributed by atoms with Crippen molar-refractivity contribution in [3.63, 3.8) is 0 Å². The quantitative estimate of drug-likeness (QED) is 0.908. The molecule has 1 aromatic carbocycles. The van der Waals surface area contributed by atoms with Crippen molar-refractivity contribution in [3.8, 4) is 0 Å². The molecule has 0 saturated carbocycles. The molecule has 0 radical (unpaired) electrons. The lowest BCUT2D eigenvalue weighted by Gasteiger charge is -2.14. The average molecular weight is 297 g/mol. The summed E-state index contributed by atoms with van der Waals surface area (Å²) >= 11 is 2.94. The number of rotatable bonds is 2. The van der Waals surface area contributed by atoms with E-state index in [-0.39, 0.29) is 15.6 Å². The van der Waals surface area contributed by atoms with E-state index < -0.39 is 24.1 Å². The average Bonchev–Trinajstić information content (AvgIpc) is 2.07. The van der Waals surface area contributed by atoms with E-state index in [1.165, 1.54) is 13.0 Å². The molecule has 0 saturated heterocycles. The summed E-state index contributed by atoms with van der Waals surface area (Å²) in [6.45, 7) is 1.27. The molecule has 6 heteroatoms. The van der Waals surface area contributed by atoms with E-state index in [0.29, 0.717) is 0 Å². The summed E-state index contributed by atoms with van der Waals surface area (Å²) in [6, 6.07) is 2.33. The number of carbonyl (C=O) groups is 1. The molecule has 0 aromatic heterocycles. The van der Waals surface area contributed by atoms with Crippen molar-refractivity contribution in [2.45, 2.75) is 19.5 Å². The summed E-state index contributed by atoms with van der Waals surface area (Å²) in [5, 5.41) is 8.58. The second kappa shape index (κ2) is 4.45. The number of halogens is 4. The highest BCUT2D eigenvalue weighted by Crippen LogP contribution is 2.35. The third kappa shape index (κ3) is 2.98. The molecule has 0 spiro atoms. The monoisotopic (exact) mass is 296 g/mol. The van der Waals surface area contributed by atoms with Gasteiger partial charge in [-0.15, -0.1) is 0 Å². The fraction of sp³-hybridized carbons (Fsp3) is 0.300. The topological polar surface area (TPSA) is 37.3 Å². The van der Waals surface area contributed by atoms with Crippen LogP contribution in [-0.2, 0) is 17.4 Å². The third-order valence-corrected chi connectivity index (χ3v) is 2.58. The van der Waals surface area contributed by atoms with Gasteiger partial charge in [0.1, 0.15) is 0 Å². The normalized spacial score (nSPS) is 11.6. The van der Waals surface area contributed by atoms with Crippen LogP contribution in [0.5, 0.6) is 0 Å². The van der Waals surface area contributed by atoms with Crippen molar-refractivity contribution in [1.82, 2.24) is 0 Å².